The molecule has 2 rings (SSSR count). The molecule has 5 heteroatoms. The maximum atomic E-state index is 12.0. The summed E-state index contributed by atoms with van der Waals surface area (Å²) >= 11 is 7.10. The second-order valence-corrected chi connectivity index (χ2v) is 6.23. The average molecular weight is 408 g/mol. The Kier molecular flexibility index (Phi) is 4.10. The summed E-state index contributed by atoms with van der Waals surface area (Å²) in [7, 11) is 0. The topological polar surface area (TPSA) is 30.0 Å². The van der Waals surface area contributed by atoms with Crippen LogP contribution in [0.4, 0.5) is 0 Å². The largest absolute Gasteiger partial charge is 0.294 e. The summed E-state index contributed by atoms with van der Waals surface area (Å²) in [5, 5.41) is 2.74. The van der Waals surface area contributed by atoms with Gasteiger partial charge in [0.2, 0.25) is 0 Å². The fourth-order valence-electron chi connectivity index (χ4n) is 1.28. The molecule has 1 aromatic heterocycles. The number of carbonyl (C=O) groups excluding carboxylic acids is 1. The quantitative estimate of drug-likeness (QED) is 0.569. The molecule has 0 spiro atoms. The number of halogens is 2. The van der Waals surface area contributed by atoms with Crippen LogP contribution in [-0.2, 0) is 6.42 Å². The zero-order valence-corrected chi connectivity index (χ0v) is 12.7. The Balaban J connectivity index is 2.24. The molecular weight excluding hydrogens is 401 g/mol. The molecule has 0 fully saturated rings. The molecule has 0 amide bonds. The Labute approximate surface area is 119 Å². The molecule has 0 saturated carbocycles. The van der Waals surface area contributed by atoms with Gasteiger partial charge in [0.05, 0.1) is 6.42 Å². The van der Waals surface area contributed by atoms with Crippen molar-refractivity contribution in [1.29, 1.82) is 0 Å². The number of hydrogen-bond donors (Lipinski definition) is 0. The maximum absolute atomic E-state index is 12.0. The Bertz CT molecular complexity index is 513. The fraction of sp³-hybridized carbons (Fsp3) is 0.0909. The summed E-state index contributed by atoms with van der Waals surface area (Å²) in [5.41, 5.74) is 0.724. The minimum atomic E-state index is 0.0975. The molecule has 16 heavy (non-hydrogen) atoms. The minimum absolute atomic E-state index is 0.0975. The first-order valence-corrected chi connectivity index (χ1v) is 7.28. The van der Waals surface area contributed by atoms with Gasteiger partial charge in [0.1, 0.15) is 5.01 Å². The molecule has 1 heterocycles. The van der Waals surface area contributed by atoms with Gasteiger partial charge in [-0.2, -0.15) is 0 Å². The van der Waals surface area contributed by atoms with E-state index >= 15 is 0 Å². The Morgan fingerprint density at radius 2 is 2.31 bits per heavy atom. The van der Waals surface area contributed by atoms with E-state index in [0.717, 1.165) is 18.6 Å². The number of hydrogen-bond acceptors (Lipinski definition) is 3. The lowest BCUT2D eigenvalue weighted by molar-refractivity contribution is 0.0992. The molecule has 0 aliphatic rings. The molecule has 0 radical (unpaired) electrons. The molecular formula is C11H7BrINOS. The number of aromatic nitrogens is 1. The van der Waals surface area contributed by atoms with Crippen LogP contribution in [0.15, 0.2) is 34.2 Å². The van der Waals surface area contributed by atoms with Crippen molar-refractivity contribution >= 4 is 55.6 Å². The van der Waals surface area contributed by atoms with Gasteiger partial charge in [0.25, 0.3) is 0 Å². The van der Waals surface area contributed by atoms with Crippen LogP contribution in [0.5, 0.6) is 0 Å². The smallest absolute Gasteiger partial charge is 0.170 e. The lowest BCUT2D eigenvalue weighted by Gasteiger charge is -2.02. The first kappa shape index (κ1) is 12.2. The highest BCUT2D eigenvalue weighted by Gasteiger charge is 2.12. The van der Waals surface area contributed by atoms with Gasteiger partial charge in [-0.15, -0.1) is 11.3 Å². The molecule has 2 nitrogen and oxygen atoms in total. The predicted octanol–water partition coefficient (Wildman–Crippen LogP) is 3.94. The van der Waals surface area contributed by atoms with Gasteiger partial charge in [-0.3, -0.25) is 4.79 Å². The van der Waals surface area contributed by atoms with Crippen LogP contribution in [-0.4, -0.2) is 10.8 Å². The van der Waals surface area contributed by atoms with Crippen molar-refractivity contribution in [3.63, 3.8) is 0 Å². The number of thiazole rings is 1. The molecule has 0 saturated heterocycles. The lowest BCUT2D eigenvalue weighted by atomic mass is 10.1. The highest BCUT2D eigenvalue weighted by atomic mass is 127. The van der Waals surface area contributed by atoms with E-state index in [1.165, 1.54) is 11.3 Å². The highest BCUT2D eigenvalue weighted by Crippen LogP contribution is 2.21. The van der Waals surface area contributed by atoms with Crippen molar-refractivity contribution in [2.75, 3.05) is 0 Å². The average Bonchev–Trinajstić information content (AvgIpc) is 2.74. The van der Waals surface area contributed by atoms with Crippen molar-refractivity contribution in [3.05, 3.63) is 48.4 Å². The number of rotatable bonds is 3. The molecule has 0 bridgehead atoms. The summed E-state index contributed by atoms with van der Waals surface area (Å²) in [6.07, 6.45) is 2.09. The standard InChI is InChI=1S/C11H7BrINOS/c12-9-2-1-7(13)5-8(9)10(15)6-11-14-3-4-16-11/h1-5H,6H2. The van der Waals surface area contributed by atoms with Crippen molar-refractivity contribution in [2.45, 2.75) is 6.42 Å². The molecule has 0 unspecified atom stereocenters. The zero-order valence-electron chi connectivity index (χ0n) is 8.11. The normalized spacial score (nSPS) is 10.4. The highest BCUT2D eigenvalue weighted by molar-refractivity contribution is 14.1. The number of Topliss-reactive ketones (excluding diaryl/α,β-unsaturated/α-hetero) is 1. The van der Waals surface area contributed by atoms with Crippen LogP contribution in [0, 0.1) is 3.57 Å². The monoisotopic (exact) mass is 407 g/mol. The van der Waals surface area contributed by atoms with Gasteiger partial charge >= 0.3 is 0 Å². The molecule has 1 aromatic carbocycles. The molecule has 0 aliphatic heterocycles. The van der Waals surface area contributed by atoms with Crippen molar-refractivity contribution in [2.24, 2.45) is 0 Å². The number of benzene rings is 1. The summed E-state index contributed by atoms with van der Waals surface area (Å²) < 4.78 is 1.90. The third-order valence-corrected chi connectivity index (χ3v) is 4.17. The van der Waals surface area contributed by atoms with Gasteiger partial charge in [0.15, 0.2) is 5.78 Å². The zero-order chi connectivity index (χ0) is 11.5. The van der Waals surface area contributed by atoms with Crippen LogP contribution >= 0.6 is 49.9 Å². The SMILES string of the molecule is O=C(Cc1nccs1)c1cc(I)ccc1Br. The van der Waals surface area contributed by atoms with E-state index in [1.54, 1.807) is 6.20 Å². The van der Waals surface area contributed by atoms with Gasteiger partial charge in [-0.25, -0.2) is 4.98 Å². The van der Waals surface area contributed by atoms with Crippen molar-refractivity contribution < 1.29 is 4.79 Å². The third kappa shape index (κ3) is 2.89. The summed E-state index contributed by atoms with van der Waals surface area (Å²) in [6.45, 7) is 0. The van der Waals surface area contributed by atoms with E-state index in [4.69, 9.17) is 0 Å². The Hall–Kier alpha value is -0.270. The van der Waals surface area contributed by atoms with E-state index in [0.29, 0.717) is 6.42 Å². The van der Waals surface area contributed by atoms with E-state index in [2.05, 4.69) is 43.5 Å². The Morgan fingerprint density at radius 1 is 1.50 bits per heavy atom. The Morgan fingerprint density at radius 3 is 3.00 bits per heavy atom. The van der Waals surface area contributed by atoms with Gasteiger partial charge < -0.3 is 0 Å². The van der Waals surface area contributed by atoms with Gasteiger partial charge in [-0.05, 0) is 40.8 Å². The summed E-state index contributed by atoms with van der Waals surface area (Å²) in [5.74, 6) is 0.0975. The van der Waals surface area contributed by atoms with Crippen molar-refractivity contribution in [1.82, 2.24) is 4.98 Å². The minimum Gasteiger partial charge on any atom is -0.294 e. The van der Waals surface area contributed by atoms with Crippen LogP contribution in [0.1, 0.15) is 15.4 Å². The number of nitrogens with zero attached hydrogens (tertiary/aromatic N) is 1. The molecule has 0 aliphatic carbocycles. The number of ketones is 1. The van der Waals surface area contributed by atoms with Gasteiger partial charge in [-0.1, -0.05) is 15.9 Å². The van der Waals surface area contributed by atoms with Crippen molar-refractivity contribution in [3.8, 4) is 0 Å². The maximum Gasteiger partial charge on any atom is 0.170 e. The molecule has 82 valence electrons. The number of carbonyl (C=O) groups is 1. The molecule has 2 aromatic rings. The first-order valence-electron chi connectivity index (χ1n) is 4.53. The summed E-state index contributed by atoms with van der Waals surface area (Å²) in [4.78, 5) is 16.1. The van der Waals surface area contributed by atoms with E-state index in [-0.39, 0.29) is 5.78 Å². The first-order chi connectivity index (χ1) is 7.66. The molecule has 0 atom stereocenters. The summed E-state index contributed by atoms with van der Waals surface area (Å²) in [6, 6.07) is 5.75. The fourth-order valence-corrected chi connectivity index (χ4v) is 2.86. The van der Waals surface area contributed by atoms with E-state index < -0.39 is 0 Å². The van der Waals surface area contributed by atoms with Crippen LogP contribution in [0.3, 0.4) is 0 Å². The lowest BCUT2D eigenvalue weighted by Crippen LogP contribution is -2.04. The third-order valence-electron chi connectivity index (χ3n) is 2.02. The van der Waals surface area contributed by atoms with Crippen LogP contribution in [0.25, 0.3) is 0 Å². The van der Waals surface area contributed by atoms with E-state index in [9.17, 15) is 4.79 Å². The van der Waals surface area contributed by atoms with Crippen LogP contribution in [0.2, 0.25) is 0 Å². The molecule has 0 N–H and O–H groups in total. The second-order valence-electron chi connectivity index (χ2n) is 3.15. The second kappa shape index (κ2) is 5.37. The predicted molar refractivity (Wildman–Crippen MR) is 77.0 cm³/mol. The van der Waals surface area contributed by atoms with E-state index in [1.807, 2.05) is 23.6 Å². The van der Waals surface area contributed by atoms with Gasteiger partial charge in [0, 0.05) is 25.2 Å². The van der Waals surface area contributed by atoms with Crippen LogP contribution < -0.4 is 0 Å².